The summed E-state index contributed by atoms with van der Waals surface area (Å²) in [5.41, 5.74) is 2.20. The zero-order valence-corrected chi connectivity index (χ0v) is 17.5. The second-order valence-electron chi connectivity index (χ2n) is 7.16. The summed E-state index contributed by atoms with van der Waals surface area (Å²) in [5.74, 6) is 0.184. The van der Waals surface area contributed by atoms with Crippen molar-refractivity contribution in [3.63, 3.8) is 0 Å². The van der Waals surface area contributed by atoms with Crippen molar-refractivity contribution in [2.24, 2.45) is 0 Å². The Hall–Kier alpha value is -1.89. The lowest BCUT2D eigenvalue weighted by Gasteiger charge is -2.34. The molecule has 0 spiro atoms. The molecule has 0 saturated carbocycles. The van der Waals surface area contributed by atoms with Gasteiger partial charge in [0, 0.05) is 37.7 Å². The van der Waals surface area contributed by atoms with Crippen molar-refractivity contribution in [1.29, 1.82) is 0 Å². The van der Waals surface area contributed by atoms with Crippen LogP contribution in [0.2, 0.25) is 5.02 Å². The molecule has 0 N–H and O–H groups in total. The molecule has 1 amide bonds. The lowest BCUT2D eigenvalue weighted by atomic mass is 10.1. The van der Waals surface area contributed by atoms with E-state index in [2.05, 4.69) is 4.90 Å². The van der Waals surface area contributed by atoms with E-state index in [-0.39, 0.29) is 11.7 Å². The topological polar surface area (TPSA) is 57.7 Å². The molecule has 1 aliphatic rings. The van der Waals surface area contributed by atoms with Crippen LogP contribution in [-0.4, -0.2) is 62.6 Å². The minimum absolute atomic E-state index is 0.0615. The molecule has 0 radical (unpaired) electrons. The largest absolute Gasteiger partial charge is 0.340 e. The zero-order chi connectivity index (χ0) is 20.1. The average Bonchev–Trinajstić information content (AvgIpc) is 2.69. The van der Waals surface area contributed by atoms with E-state index in [4.69, 9.17) is 11.6 Å². The fraction of sp³-hybridized carbons (Fsp3) is 0.381. The van der Waals surface area contributed by atoms with Crippen molar-refractivity contribution in [2.45, 2.75) is 18.2 Å². The minimum atomic E-state index is -3.33. The monoisotopic (exact) mass is 420 g/mol. The number of amides is 1. The number of carbonyl (C=O) groups is 1. The van der Waals surface area contributed by atoms with Crippen LogP contribution in [0, 0.1) is 6.92 Å². The van der Waals surface area contributed by atoms with Gasteiger partial charge in [0.2, 0.25) is 5.91 Å². The number of halogens is 1. The van der Waals surface area contributed by atoms with Crippen molar-refractivity contribution in [1.82, 2.24) is 9.80 Å². The summed E-state index contributed by atoms with van der Waals surface area (Å²) in [7, 11) is -3.33. The van der Waals surface area contributed by atoms with Gasteiger partial charge >= 0.3 is 0 Å². The van der Waals surface area contributed by atoms with Gasteiger partial charge in [0.25, 0.3) is 0 Å². The third kappa shape index (κ3) is 5.56. The number of aryl methyl sites for hydroxylation is 1. The van der Waals surface area contributed by atoms with E-state index < -0.39 is 9.84 Å². The van der Waals surface area contributed by atoms with Crippen LogP contribution in [0.4, 0.5) is 0 Å². The maximum absolute atomic E-state index is 12.5. The Labute approximate surface area is 171 Å². The first-order valence-electron chi connectivity index (χ1n) is 9.37. The molecule has 0 aromatic heterocycles. The highest BCUT2D eigenvalue weighted by molar-refractivity contribution is 7.91. The van der Waals surface area contributed by atoms with Gasteiger partial charge in [-0.15, -0.1) is 0 Å². The summed E-state index contributed by atoms with van der Waals surface area (Å²) >= 11 is 5.82. The van der Waals surface area contributed by atoms with Gasteiger partial charge < -0.3 is 4.90 Å². The van der Waals surface area contributed by atoms with Gasteiger partial charge in [-0.05, 0) is 36.8 Å². The first-order valence-corrected chi connectivity index (χ1v) is 11.4. The number of sulfone groups is 1. The molecule has 0 unspecified atom stereocenters. The Kier molecular flexibility index (Phi) is 6.75. The smallest absolute Gasteiger partial charge is 0.227 e. The number of nitrogens with zero attached hydrogens (tertiary/aromatic N) is 2. The molecule has 3 rings (SSSR count). The molecular weight excluding hydrogens is 396 g/mol. The second kappa shape index (κ2) is 9.07. The predicted octanol–water partition coefficient (Wildman–Crippen LogP) is 2.81. The molecule has 2 aromatic carbocycles. The average molecular weight is 421 g/mol. The van der Waals surface area contributed by atoms with E-state index >= 15 is 0 Å². The molecule has 5 nitrogen and oxygen atoms in total. The Morgan fingerprint density at radius 2 is 1.57 bits per heavy atom. The van der Waals surface area contributed by atoms with Gasteiger partial charge in [0.1, 0.15) is 0 Å². The molecule has 150 valence electrons. The number of hydrogen-bond acceptors (Lipinski definition) is 4. The van der Waals surface area contributed by atoms with Crippen molar-refractivity contribution < 1.29 is 13.2 Å². The Morgan fingerprint density at radius 1 is 0.964 bits per heavy atom. The molecule has 1 fully saturated rings. The third-order valence-electron chi connectivity index (χ3n) is 5.05. The molecule has 7 heteroatoms. The van der Waals surface area contributed by atoms with E-state index in [1.54, 1.807) is 24.3 Å². The maximum Gasteiger partial charge on any atom is 0.227 e. The molecule has 0 aliphatic carbocycles. The normalized spacial score (nSPS) is 15.6. The fourth-order valence-electron chi connectivity index (χ4n) is 3.22. The van der Waals surface area contributed by atoms with E-state index in [1.807, 2.05) is 36.1 Å². The van der Waals surface area contributed by atoms with Crippen molar-refractivity contribution in [3.8, 4) is 0 Å². The number of piperazine rings is 1. The number of rotatable bonds is 6. The van der Waals surface area contributed by atoms with Crippen molar-refractivity contribution >= 4 is 27.3 Å². The summed E-state index contributed by atoms with van der Waals surface area (Å²) in [5, 5.41) is 0.519. The number of benzene rings is 2. The zero-order valence-electron chi connectivity index (χ0n) is 16.0. The Bertz CT molecular complexity index is 904. The minimum Gasteiger partial charge on any atom is -0.340 e. The van der Waals surface area contributed by atoms with Crippen LogP contribution < -0.4 is 0 Å². The lowest BCUT2D eigenvalue weighted by molar-refractivity contribution is -0.132. The van der Waals surface area contributed by atoms with Crippen LogP contribution in [-0.2, 0) is 21.1 Å². The van der Waals surface area contributed by atoms with E-state index in [1.165, 1.54) is 5.56 Å². The predicted molar refractivity (Wildman–Crippen MR) is 111 cm³/mol. The summed E-state index contributed by atoms with van der Waals surface area (Å²) in [6.07, 6.45) is 0.408. The number of carbonyl (C=O) groups excluding carboxylic acids is 1. The third-order valence-corrected chi connectivity index (χ3v) is 7.01. The molecule has 2 aromatic rings. The van der Waals surface area contributed by atoms with Crippen molar-refractivity contribution in [3.05, 3.63) is 64.7 Å². The van der Waals surface area contributed by atoms with Crippen LogP contribution in [0.3, 0.4) is 0 Å². The van der Waals surface area contributed by atoms with Gasteiger partial charge in [-0.25, -0.2) is 8.42 Å². The Morgan fingerprint density at radius 3 is 2.18 bits per heavy atom. The molecule has 0 bridgehead atoms. The second-order valence-corrected chi connectivity index (χ2v) is 9.70. The molecule has 28 heavy (non-hydrogen) atoms. The SMILES string of the molecule is Cc1ccc(CC(=O)N2CCN(CCS(=O)(=O)c3ccc(Cl)cc3)CC2)cc1. The summed E-state index contributed by atoms with van der Waals surface area (Å²) in [6, 6.07) is 14.3. The van der Waals surface area contributed by atoms with Gasteiger partial charge in [-0.2, -0.15) is 0 Å². The molecule has 1 saturated heterocycles. The lowest BCUT2D eigenvalue weighted by Crippen LogP contribution is -2.50. The first-order chi connectivity index (χ1) is 13.3. The first kappa shape index (κ1) is 20.8. The van der Waals surface area contributed by atoms with Crippen LogP contribution >= 0.6 is 11.6 Å². The van der Waals surface area contributed by atoms with Gasteiger partial charge in [-0.3, -0.25) is 9.69 Å². The van der Waals surface area contributed by atoms with Crippen LogP contribution in [0.15, 0.2) is 53.4 Å². The van der Waals surface area contributed by atoms with E-state index in [0.29, 0.717) is 49.1 Å². The van der Waals surface area contributed by atoms with Gasteiger partial charge in [0.15, 0.2) is 9.84 Å². The van der Waals surface area contributed by atoms with E-state index in [9.17, 15) is 13.2 Å². The molecule has 1 heterocycles. The molecular formula is C21H25ClN2O3S. The van der Waals surface area contributed by atoms with E-state index in [0.717, 1.165) is 5.56 Å². The summed E-state index contributed by atoms with van der Waals surface area (Å²) in [4.78, 5) is 16.8. The van der Waals surface area contributed by atoms with Crippen LogP contribution in [0.5, 0.6) is 0 Å². The molecule has 0 atom stereocenters. The highest BCUT2D eigenvalue weighted by Crippen LogP contribution is 2.16. The maximum atomic E-state index is 12.5. The van der Waals surface area contributed by atoms with Gasteiger partial charge in [-0.1, -0.05) is 41.4 Å². The standard InChI is InChI=1S/C21H25ClN2O3S/c1-17-2-4-18(5-3-17)16-21(25)24-12-10-23(11-13-24)14-15-28(26,27)20-8-6-19(22)7-9-20/h2-9H,10-16H2,1H3. The fourth-order valence-corrected chi connectivity index (χ4v) is 4.63. The summed E-state index contributed by atoms with van der Waals surface area (Å²) < 4.78 is 24.9. The van der Waals surface area contributed by atoms with Crippen LogP contribution in [0.25, 0.3) is 0 Å². The quantitative estimate of drug-likeness (QED) is 0.721. The number of hydrogen-bond donors (Lipinski definition) is 0. The van der Waals surface area contributed by atoms with Gasteiger partial charge in [0.05, 0.1) is 17.1 Å². The van der Waals surface area contributed by atoms with Crippen LogP contribution in [0.1, 0.15) is 11.1 Å². The molecule has 1 aliphatic heterocycles. The highest BCUT2D eigenvalue weighted by Gasteiger charge is 2.23. The summed E-state index contributed by atoms with van der Waals surface area (Å²) in [6.45, 7) is 5.13. The van der Waals surface area contributed by atoms with Crippen molar-refractivity contribution in [2.75, 3.05) is 38.5 Å². The Balaban J connectivity index is 1.46. The highest BCUT2D eigenvalue weighted by atomic mass is 35.5.